The van der Waals surface area contributed by atoms with Gasteiger partial charge in [0.25, 0.3) is 5.91 Å². The second-order valence-corrected chi connectivity index (χ2v) is 5.97. The molecule has 1 saturated heterocycles. The summed E-state index contributed by atoms with van der Waals surface area (Å²) in [5, 5.41) is 9.25. The summed E-state index contributed by atoms with van der Waals surface area (Å²) in [6.45, 7) is 10.2. The molecule has 1 aliphatic heterocycles. The lowest BCUT2D eigenvalue weighted by molar-refractivity contribution is -0.141. The number of nitrogens with zero attached hydrogens (tertiary/aromatic N) is 2. The van der Waals surface area contributed by atoms with Crippen molar-refractivity contribution >= 4 is 11.9 Å². The molecule has 5 nitrogen and oxygen atoms in total. The molecule has 1 amide bonds. The van der Waals surface area contributed by atoms with E-state index in [2.05, 4.69) is 18.1 Å². The van der Waals surface area contributed by atoms with Crippen molar-refractivity contribution in [3.05, 3.63) is 60.7 Å². The minimum atomic E-state index is -0.930. The Hall–Kier alpha value is -2.40. The van der Waals surface area contributed by atoms with Crippen LogP contribution in [-0.2, 0) is 11.3 Å². The van der Waals surface area contributed by atoms with Crippen LogP contribution in [0.1, 0.15) is 28.8 Å². The molecule has 24 heavy (non-hydrogen) atoms. The van der Waals surface area contributed by atoms with Crippen LogP contribution in [0.4, 0.5) is 0 Å². The third-order valence-corrected chi connectivity index (χ3v) is 4.15. The number of amides is 1. The highest BCUT2D eigenvalue weighted by Crippen LogP contribution is 2.21. The zero-order chi connectivity index (χ0) is 17.5. The summed E-state index contributed by atoms with van der Waals surface area (Å²) in [4.78, 5) is 27.6. The Morgan fingerprint density at radius 3 is 2.62 bits per heavy atom. The van der Waals surface area contributed by atoms with Crippen molar-refractivity contribution in [3.8, 4) is 0 Å². The lowest BCUT2D eigenvalue weighted by Gasteiger charge is -2.22. The molecule has 5 heteroatoms. The Balaban J connectivity index is 2.14. The van der Waals surface area contributed by atoms with E-state index in [4.69, 9.17) is 0 Å². The van der Waals surface area contributed by atoms with Gasteiger partial charge < -0.3 is 10.0 Å². The first-order valence-corrected chi connectivity index (χ1v) is 8.13. The van der Waals surface area contributed by atoms with Crippen molar-refractivity contribution < 1.29 is 14.7 Å². The second-order valence-electron chi connectivity index (χ2n) is 5.97. The first kappa shape index (κ1) is 17.9. The predicted molar refractivity (Wildman–Crippen MR) is 93.8 cm³/mol. The molecule has 1 fully saturated rings. The van der Waals surface area contributed by atoms with Gasteiger partial charge in [-0.15, -0.1) is 13.2 Å². The third kappa shape index (κ3) is 4.32. The summed E-state index contributed by atoms with van der Waals surface area (Å²) >= 11 is 0. The first-order chi connectivity index (χ1) is 11.6. The van der Waals surface area contributed by atoms with Gasteiger partial charge in [-0.1, -0.05) is 24.3 Å². The highest BCUT2D eigenvalue weighted by atomic mass is 16.4. The molecule has 0 aliphatic carbocycles. The van der Waals surface area contributed by atoms with Crippen molar-refractivity contribution in [2.45, 2.75) is 25.4 Å². The first-order valence-electron chi connectivity index (χ1n) is 8.13. The van der Waals surface area contributed by atoms with Crippen LogP contribution in [0.15, 0.2) is 49.6 Å². The van der Waals surface area contributed by atoms with E-state index in [1.54, 1.807) is 6.07 Å². The summed E-state index contributed by atoms with van der Waals surface area (Å²) in [5.74, 6) is -1.14. The van der Waals surface area contributed by atoms with Gasteiger partial charge in [0.15, 0.2) is 0 Å². The van der Waals surface area contributed by atoms with Gasteiger partial charge in [-0.2, -0.15) is 0 Å². The molecule has 1 N–H and O–H groups in total. The van der Waals surface area contributed by atoms with E-state index in [0.29, 0.717) is 25.1 Å². The molecule has 0 saturated carbocycles. The predicted octanol–water partition coefficient (Wildman–Crippen LogP) is 2.55. The Labute approximate surface area is 142 Å². The van der Waals surface area contributed by atoms with Crippen molar-refractivity contribution in [3.63, 3.8) is 0 Å². The average Bonchev–Trinajstić information content (AvgIpc) is 3.05. The van der Waals surface area contributed by atoms with Crippen molar-refractivity contribution in [2.24, 2.45) is 0 Å². The lowest BCUT2D eigenvalue weighted by atomic mass is 10.1. The van der Waals surface area contributed by atoms with Crippen LogP contribution in [0.25, 0.3) is 0 Å². The van der Waals surface area contributed by atoms with Gasteiger partial charge in [-0.3, -0.25) is 9.69 Å². The maximum absolute atomic E-state index is 12.7. The van der Waals surface area contributed by atoms with E-state index in [1.807, 2.05) is 30.4 Å². The molecule has 0 bridgehead atoms. The van der Waals surface area contributed by atoms with Gasteiger partial charge >= 0.3 is 5.97 Å². The van der Waals surface area contributed by atoms with E-state index in [0.717, 1.165) is 25.1 Å². The van der Waals surface area contributed by atoms with Crippen molar-refractivity contribution in [1.82, 2.24) is 9.80 Å². The Kier molecular flexibility index (Phi) is 6.32. The Morgan fingerprint density at radius 2 is 2.00 bits per heavy atom. The zero-order valence-electron chi connectivity index (χ0n) is 13.9. The quantitative estimate of drug-likeness (QED) is 0.745. The monoisotopic (exact) mass is 328 g/mol. The topological polar surface area (TPSA) is 60.9 Å². The number of rotatable bonds is 8. The molecule has 0 radical (unpaired) electrons. The molecule has 2 rings (SSSR count). The molecule has 0 spiro atoms. The normalized spacial score (nSPS) is 17.0. The Morgan fingerprint density at radius 1 is 1.29 bits per heavy atom. The van der Waals surface area contributed by atoms with Gasteiger partial charge in [0.05, 0.1) is 0 Å². The van der Waals surface area contributed by atoms with E-state index in [1.165, 1.54) is 4.90 Å². The van der Waals surface area contributed by atoms with Gasteiger partial charge in [-0.05, 0) is 30.5 Å². The number of carboxylic acid groups (broad SMARTS) is 1. The highest BCUT2D eigenvalue weighted by Gasteiger charge is 2.34. The number of carboxylic acids is 1. The molecule has 1 aliphatic rings. The standard InChI is InChI=1S/C19H24N2O3/c1-3-10-20(11-4-2)14-15-7-5-8-16(13-15)18(22)21-12-6-9-17(21)19(23)24/h3-5,7-8,13,17H,1-2,6,9-12,14H2,(H,23,24). The number of carbonyl (C=O) groups excluding carboxylic acids is 1. The van der Waals surface area contributed by atoms with Crippen LogP contribution in [-0.4, -0.2) is 52.5 Å². The number of hydrogen-bond donors (Lipinski definition) is 1. The fourth-order valence-corrected chi connectivity index (χ4v) is 3.06. The molecule has 1 aromatic carbocycles. The van der Waals surface area contributed by atoms with E-state index in [-0.39, 0.29) is 5.91 Å². The molecule has 1 heterocycles. The number of hydrogen-bond acceptors (Lipinski definition) is 3. The summed E-state index contributed by atoms with van der Waals surface area (Å²) in [6, 6.07) is 6.69. The highest BCUT2D eigenvalue weighted by molar-refractivity contribution is 5.97. The zero-order valence-corrected chi connectivity index (χ0v) is 13.9. The van der Waals surface area contributed by atoms with E-state index in [9.17, 15) is 14.7 Å². The molecule has 1 aromatic rings. The summed E-state index contributed by atoms with van der Waals surface area (Å²) in [6.07, 6.45) is 4.92. The fraction of sp³-hybridized carbons (Fsp3) is 0.368. The lowest BCUT2D eigenvalue weighted by Crippen LogP contribution is -2.40. The van der Waals surface area contributed by atoms with Gasteiger partial charge in [0.1, 0.15) is 6.04 Å². The maximum atomic E-state index is 12.7. The molecule has 0 aromatic heterocycles. The number of aliphatic carboxylic acids is 1. The van der Waals surface area contributed by atoms with Crippen LogP contribution in [0, 0.1) is 0 Å². The molecule has 1 atom stereocenters. The number of likely N-dealkylation sites (tertiary alicyclic amines) is 1. The fourth-order valence-electron chi connectivity index (χ4n) is 3.06. The van der Waals surface area contributed by atoms with Gasteiger partial charge in [-0.25, -0.2) is 4.79 Å². The van der Waals surface area contributed by atoms with Gasteiger partial charge in [0.2, 0.25) is 0 Å². The molecular weight excluding hydrogens is 304 g/mol. The van der Waals surface area contributed by atoms with E-state index >= 15 is 0 Å². The van der Waals surface area contributed by atoms with Crippen LogP contribution in [0.5, 0.6) is 0 Å². The maximum Gasteiger partial charge on any atom is 0.326 e. The average molecular weight is 328 g/mol. The van der Waals surface area contributed by atoms with Crippen LogP contribution >= 0.6 is 0 Å². The minimum absolute atomic E-state index is 0.208. The summed E-state index contributed by atoms with van der Waals surface area (Å²) in [7, 11) is 0. The number of carbonyl (C=O) groups is 2. The third-order valence-electron chi connectivity index (χ3n) is 4.15. The minimum Gasteiger partial charge on any atom is -0.480 e. The largest absolute Gasteiger partial charge is 0.480 e. The van der Waals surface area contributed by atoms with Crippen molar-refractivity contribution in [2.75, 3.05) is 19.6 Å². The Bertz CT molecular complexity index is 617. The van der Waals surface area contributed by atoms with Crippen LogP contribution < -0.4 is 0 Å². The van der Waals surface area contributed by atoms with Gasteiger partial charge in [0, 0.05) is 31.7 Å². The second kappa shape index (κ2) is 8.45. The van der Waals surface area contributed by atoms with E-state index < -0.39 is 12.0 Å². The van der Waals surface area contributed by atoms with Crippen LogP contribution in [0.2, 0.25) is 0 Å². The molecule has 128 valence electrons. The number of benzene rings is 1. The molecule has 1 unspecified atom stereocenters. The van der Waals surface area contributed by atoms with Crippen molar-refractivity contribution in [1.29, 1.82) is 0 Å². The summed E-state index contributed by atoms with van der Waals surface area (Å²) in [5.41, 5.74) is 1.55. The SMILES string of the molecule is C=CCN(CC=C)Cc1cccc(C(=O)N2CCCC2C(=O)O)c1. The molecular formula is C19H24N2O3. The smallest absolute Gasteiger partial charge is 0.326 e. The van der Waals surface area contributed by atoms with Crippen LogP contribution in [0.3, 0.4) is 0 Å². The summed E-state index contributed by atoms with van der Waals surface area (Å²) < 4.78 is 0.